The molecule has 0 aromatic carbocycles. The van der Waals surface area contributed by atoms with Crippen molar-refractivity contribution in [3.63, 3.8) is 0 Å². The molecule has 0 saturated carbocycles. The zero-order valence-corrected chi connectivity index (χ0v) is 9.58. The minimum atomic E-state index is -1.09. The van der Waals surface area contributed by atoms with Gasteiger partial charge in [0.25, 0.3) is 0 Å². The highest BCUT2D eigenvalue weighted by atomic mass is 16.4. The van der Waals surface area contributed by atoms with Crippen LogP contribution in [0.25, 0.3) is 0 Å². The standard InChI is InChI=1S/C10H18N2O4/c1-7(2)5-9(14)11-4-3-8(13)12-6-10(15)16/h7H,3-6H2,1-2H3,(H,11,14)(H,12,13)(H,15,16). The van der Waals surface area contributed by atoms with Crippen LogP contribution >= 0.6 is 0 Å². The molecule has 0 fully saturated rings. The van der Waals surface area contributed by atoms with Crippen molar-refractivity contribution < 1.29 is 19.5 Å². The minimum absolute atomic E-state index is 0.0944. The quantitative estimate of drug-likeness (QED) is 0.561. The van der Waals surface area contributed by atoms with Crippen LogP contribution in [0.4, 0.5) is 0 Å². The summed E-state index contributed by atoms with van der Waals surface area (Å²) in [5.74, 6) is -1.29. The molecule has 0 rings (SSSR count). The van der Waals surface area contributed by atoms with Crippen LogP contribution in [-0.2, 0) is 14.4 Å². The van der Waals surface area contributed by atoms with Crippen LogP contribution in [0.5, 0.6) is 0 Å². The van der Waals surface area contributed by atoms with E-state index < -0.39 is 12.5 Å². The van der Waals surface area contributed by atoms with Crippen molar-refractivity contribution in [2.45, 2.75) is 26.7 Å². The van der Waals surface area contributed by atoms with Crippen LogP contribution in [0.1, 0.15) is 26.7 Å². The molecule has 0 aliphatic heterocycles. The SMILES string of the molecule is CC(C)CC(=O)NCCC(=O)NCC(=O)O. The van der Waals surface area contributed by atoms with Gasteiger partial charge in [0, 0.05) is 19.4 Å². The number of aliphatic carboxylic acids is 1. The lowest BCUT2D eigenvalue weighted by atomic mass is 10.1. The van der Waals surface area contributed by atoms with E-state index in [0.29, 0.717) is 6.42 Å². The molecule has 0 atom stereocenters. The Morgan fingerprint density at radius 1 is 1.12 bits per heavy atom. The molecule has 0 heterocycles. The van der Waals surface area contributed by atoms with Gasteiger partial charge in [0.05, 0.1) is 0 Å². The molecule has 16 heavy (non-hydrogen) atoms. The van der Waals surface area contributed by atoms with Gasteiger partial charge < -0.3 is 15.7 Å². The summed E-state index contributed by atoms with van der Waals surface area (Å²) in [6.45, 7) is 3.70. The average Bonchev–Trinajstić information content (AvgIpc) is 2.13. The number of hydrogen-bond acceptors (Lipinski definition) is 3. The number of hydrogen-bond donors (Lipinski definition) is 3. The number of carbonyl (C=O) groups is 3. The zero-order valence-electron chi connectivity index (χ0n) is 9.58. The van der Waals surface area contributed by atoms with Gasteiger partial charge in [-0.3, -0.25) is 14.4 Å². The number of carboxylic acids is 1. The van der Waals surface area contributed by atoms with Gasteiger partial charge in [0.2, 0.25) is 11.8 Å². The van der Waals surface area contributed by atoms with Crippen LogP contribution in [0.2, 0.25) is 0 Å². The summed E-state index contributed by atoms with van der Waals surface area (Å²) >= 11 is 0. The van der Waals surface area contributed by atoms with E-state index in [1.54, 1.807) is 0 Å². The van der Waals surface area contributed by atoms with E-state index in [1.165, 1.54) is 0 Å². The second-order valence-corrected chi connectivity index (χ2v) is 3.87. The number of carbonyl (C=O) groups excluding carboxylic acids is 2. The summed E-state index contributed by atoms with van der Waals surface area (Å²) in [4.78, 5) is 32.3. The summed E-state index contributed by atoms with van der Waals surface area (Å²) in [6.07, 6.45) is 0.522. The van der Waals surface area contributed by atoms with E-state index in [0.717, 1.165) is 0 Å². The average molecular weight is 230 g/mol. The maximum Gasteiger partial charge on any atom is 0.322 e. The van der Waals surface area contributed by atoms with Crippen molar-refractivity contribution in [1.82, 2.24) is 10.6 Å². The van der Waals surface area contributed by atoms with Crippen molar-refractivity contribution >= 4 is 17.8 Å². The van der Waals surface area contributed by atoms with Gasteiger partial charge in [-0.15, -0.1) is 0 Å². The predicted molar refractivity (Wildman–Crippen MR) is 57.7 cm³/mol. The first kappa shape index (κ1) is 14.4. The molecule has 0 saturated heterocycles. The fraction of sp³-hybridized carbons (Fsp3) is 0.700. The number of nitrogens with one attached hydrogen (secondary N) is 2. The van der Waals surface area contributed by atoms with Gasteiger partial charge in [0.15, 0.2) is 0 Å². The maximum atomic E-state index is 11.2. The number of rotatable bonds is 7. The first-order valence-corrected chi connectivity index (χ1v) is 5.17. The predicted octanol–water partition coefficient (Wildman–Crippen LogP) is -0.260. The largest absolute Gasteiger partial charge is 0.480 e. The smallest absolute Gasteiger partial charge is 0.322 e. The second kappa shape index (κ2) is 7.67. The molecule has 0 aliphatic rings. The fourth-order valence-corrected chi connectivity index (χ4v) is 1.02. The van der Waals surface area contributed by atoms with Gasteiger partial charge in [-0.25, -0.2) is 0 Å². The molecule has 0 radical (unpaired) electrons. The third-order valence-corrected chi connectivity index (χ3v) is 1.70. The van der Waals surface area contributed by atoms with Crippen LogP contribution in [0.15, 0.2) is 0 Å². The number of carboxylic acid groups (broad SMARTS) is 1. The molecule has 0 aromatic heterocycles. The van der Waals surface area contributed by atoms with Gasteiger partial charge >= 0.3 is 5.97 Å². The Morgan fingerprint density at radius 3 is 2.25 bits per heavy atom. The Kier molecular flexibility index (Phi) is 6.91. The summed E-state index contributed by atoms with van der Waals surface area (Å²) in [6, 6.07) is 0. The molecular formula is C10H18N2O4. The summed E-state index contributed by atoms with van der Waals surface area (Å²) in [5.41, 5.74) is 0. The van der Waals surface area contributed by atoms with Crippen LogP contribution in [-0.4, -0.2) is 36.0 Å². The molecule has 0 spiro atoms. The lowest BCUT2D eigenvalue weighted by molar-refractivity contribution is -0.138. The fourth-order valence-electron chi connectivity index (χ4n) is 1.02. The van der Waals surface area contributed by atoms with Crippen molar-refractivity contribution in [2.24, 2.45) is 5.92 Å². The van der Waals surface area contributed by atoms with E-state index in [1.807, 2.05) is 13.8 Å². The van der Waals surface area contributed by atoms with E-state index in [-0.39, 0.29) is 30.7 Å². The van der Waals surface area contributed by atoms with Crippen LogP contribution in [0, 0.1) is 5.92 Å². The molecule has 0 bridgehead atoms. The first-order valence-electron chi connectivity index (χ1n) is 5.17. The molecule has 6 nitrogen and oxygen atoms in total. The van der Waals surface area contributed by atoms with E-state index in [2.05, 4.69) is 10.6 Å². The molecular weight excluding hydrogens is 212 g/mol. The van der Waals surface area contributed by atoms with Crippen molar-refractivity contribution in [3.05, 3.63) is 0 Å². The monoisotopic (exact) mass is 230 g/mol. The minimum Gasteiger partial charge on any atom is -0.480 e. The third kappa shape index (κ3) is 8.98. The summed E-state index contributed by atoms with van der Waals surface area (Å²) in [5, 5.41) is 13.1. The maximum absolute atomic E-state index is 11.2. The Morgan fingerprint density at radius 2 is 1.75 bits per heavy atom. The molecule has 92 valence electrons. The molecule has 3 N–H and O–H groups in total. The van der Waals surface area contributed by atoms with E-state index >= 15 is 0 Å². The lowest BCUT2D eigenvalue weighted by Crippen LogP contribution is -2.33. The Hall–Kier alpha value is -1.59. The summed E-state index contributed by atoms with van der Waals surface area (Å²) < 4.78 is 0. The van der Waals surface area contributed by atoms with Gasteiger partial charge in [0.1, 0.15) is 6.54 Å². The van der Waals surface area contributed by atoms with Crippen LogP contribution in [0.3, 0.4) is 0 Å². The highest BCUT2D eigenvalue weighted by Crippen LogP contribution is 1.97. The molecule has 2 amide bonds. The Labute approximate surface area is 94.4 Å². The number of amides is 2. The highest BCUT2D eigenvalue weighted by Gasteiger charge is 2.06. The topological polar surface area (TPSA) is 95.5 Å². The second-order valence-electron chi connectivity index (χ2n) is 3.87. The first-order chi connectivity index (χ1) is 7.41. The van der Waals surface area contributed by atoms with Gasteiger partial charge in [-0.1, -0.05) is 13.8 Å². The van der Waals surface area contributed by atoms with Gasteiger partial charge in [-0.2, -0.15) is 0 Å². The molecule has 0 aromatic rings. The normalized spacial score (nSPS) is 9.94. The Balaban J connectivity index is 3.54. The van der Waals surface area contributed by atoms with Crippen molar-refractivity contribution in [2.75, 3.05) is 13.1 Å². The van der Waals surface area contributed by atoms with E-state index in [9.17, 15) is 14.4 Å². The van der Waals surface area contributed by atoms with Gasteiger partial charge in [-0.05, 0) is 5.92 Å². The molecule has 0 unspecified atom stereocenters. The highest BCUT2D eigenvalue weighted by molar-refractivity contribution is 5.82. The Bertz CT molecular complexity index is 264. The summed E-state index contributed by atoms with van der Waals surface area (Å²) in [7, 11) is 0. The third-order valence-electron chi connectivity index (χ3n) is 1.70. The van der Waals surface area contributed by atoms with Crippen molar-refractivity contribution in [3.8, 4) is 0 Å². The molecule has 6 heteroatoms. The molecule has 0 aliphatic carbocycles. The lowest BCUT2D eigenvalue weighted by Gasteiger charge is -2.06. The zero-order chi connectivity index (χ0) is 12.6. The van der Waals surface area contributed by atoms with Crippen LogP contribution < -0.4 is 10.6 Å². The van der Waals surface area contributed by atoms with E-state index in [4.69, 9.17) is 5.11 Å². The van der Waals surface area contributed by atoms with Crippen molar-refractivity contribution in [1.29, 1.82) is 0 Å².